The molecule has 6 heteroatoms. The van der Waals surface area contributed by atoms with Gasteiger partial charge in [0, 0.05) is 52.6 Å². The van der Waals surface area contributed by atoms with Crippen LogP contribution in [0.4, 0.5) is 23.0 Å². The van der Waals surface area contributed by atoms with Gasteiger partial charge < -0.3 is 16.0 Å². The van der Waals surface area contributed by atoms with Gasteiger partial charge in [0.05, 0.1) is 5.69 Å². The molecule has 0 aliphatic heterocycles. The third kappa shape index (κ3) is 6.79. The van der Waals surface area contributed by atoms with E-state index in [0.29, 0.717) is 5.95 Å². The van der Waals surface area contributed by atoms with Crippen LogP contribution in [-0.2, 0) is 0 Å². The van der Waals surface area contributed by atoms with Gasteiger partial charge in [-0.3, -0.25) is 4.98 Å². The highest BCUT2D eigenvalue weighted by molar-refractivity contribution is 5.78. The second kappa shape index (κ2) is 11.6. The first-order valence-electron chi connectivity index (χ1n) is 13.7. The van der Waals surface area contributed by atoms with Crippen molar-refractivity contribution < 1.29 is 0 Å². The Hall–Kier alpha value is -4.97. The highest BCUT2D eigenvalue weighted by atomic mass is 15.1. The summed E-state index contributed by atoms with van der Waals surface area (Å²) in [5.74, 6) is 0.529. The molecule has 0 saturated heterocycles. The molecular weight excluding hydrogens is 504 g/mol. The van der Waals surface area contributed by atoms with E-state index in [1.807, 2.05) is 55.5 Å². The average molecular weight is 541 g/mol. The van der Waals surface area contributed by atoms with Gasteiger partial charge >= 0.3 is 0 Å². The number of anilines is 4. The molecule has 2 aromatic carbocycles. The highest BCUT2D eigenvalue weighted by Crippen LogP contribution is 2.38. The molecule has 0 spiro atoms. The first-order chi connectivity index (χ1) is 19.7. The molecule has 4 aromatic rings. The van der Waals surface area contributed by atoms with Crippen molar-refractivity contribution in [3.8, 4) is 11.3 Å². The number of pyridine rings is 1. The Bertz CT molecular complexity index is 1650. The fraction of sp³-hybridized carbons (Fsp3) is 0.171. The number of nitrogens with zero attached hydrogens (tertiary/aromatic N) is 3. The van der Waals surface area contributed by atoms with Gasteiger partial charge in [0.15, 0.2) is 0 Å². The second-order valence-corrected chi connectivity index (χ2v) is 11.1. The lowest BCUT2D eigenvalue weighted by Gasteiger charge is -2.30. The fourth-order valence-corrected chi connectivity index (χ4v) is 4.84. The number of hydrogen-bond acceptors (Lipinski definition) is 6. The smallest absolute Gasteiger partial charge is 0.227 e. The lowest BCUT2D eigenvalue weighted by atomic mass is 9.77. The lowest BCUT2D eigenvalue weighted by molar-refractivity contribution is 0.424. The number of hydrogen-bond donors (Lipinski definition) is 3. The molecule has 2 heterocycles. The zero-order valence-electron chi connectivity index (χ0n) is 24.0. The first kappa shape index (κ1) is 27.6. The molecule has 2 aromatic heterocycles. The Morgan fingerprint density at radius 2 is 1.71 bits per heavy atom. The summed E-state index contributed by atoms with van der Waals surface area (Å²) in [7, 11) is 0. The first-order valence-corrected chi connectivity index (χ1v) is 13.7. The molecule has 5 rings (SSSR count). The molecule has 1 aliphatic rings. The van der Waals surface area contributed by atoms with Gasteiger partial charge in [-0.2, -0.15) is 0 Å². The quantitative estimate of drug-likeness (QED) is 0.197. The summed E-state index contributed by atoms with van der Waals surface area (Å²) >= 11 is 0. The summed E-state index contributed by atoms with van der Waals surface area (Å²) in [5, 5.41) is 10.3. The maximum Gasteiger partial charge on any atom is 0.227 e. The van der Waals surface area contributed by atoms with Crippen LogP contribution < -0.4 is 16.0 Å². The largest absolute Gasteiger partial charge is 0.356 e. The molecule has 0 bridgehead atoms. The van der Waals surface area contributed by atoms with Gasteiger partial charge in [-0.05, 0) is 96.0 Å². The minimum absolute atomic E-state index is 0.140. The molecule has 41 heavy (non-hydrogen) atoms. The van der Waals surface area contributed by atoms with Crippen molar-refractivity contribution in [1.29, 1.82) is 0 Å². The van der Waals surface area contributed by atoms with Crippen LogP contribution in [0.2, 0.25) is 0 Å². The number of benzene rings is 2. The number of nitrogens with one attached hydrogen (secondary N) is 3. The Morgan fingerprint density at radius 3 is 2.49 bits per heavy atom. The van der Waals surface area contributed by atoms with Gasteiger partial charge in [0.25, 0.3) is 0 Å². The summed E-state index contributed by atoms with van der Waals surface area (Å²) in [6.45, 7) is 19.4. The van der Waals surface area contributed by atoms with Crippen molar-refractivity contribution in [3.05, 3.63) is 133 Å². The minimum Gasteiger partial charge on any atom is -0.356 e. The average Bonchev–Trinajstić information content (AvgIpc) is 2.96. The normalized spacial score (nSPS) is 14.1. The van der Waals surface area contributed by atoms with E-state index in [-0.39, 0.29) is 5.41 Å². The minimum atomic E-state index is 0.140. The molecule has 3 N–H and O–H groups in total. The SMILES string of the molecule is C=C1CCC(C)(C)C=C1C(=C)Nc1cccc(C(=C)Nc2ccc(Nc3nccc(-c4cccnc4)n3)c(C)c2)c1. The van der Waals surface area contributed by atoms with Gasteiger partial charge in [-0.25, -0.2) is 9.97 Å². The van der Waals surface area contributed by atoms with Crippen LogP contribution in [0, 0.1) is 12.3 Å². The molecule has 0 amide bonds. The fourth-order valence-electron chi connectivity index (χ4n) is 4.84. The van der Waals surface area contributed by atoms with Crippen molar-refractivity contribution in [3.63, 3.8) is 0 Å². The van der Waals surface area contributed by atoms with Crippen molar-refractivity contribution in [2.45, 2.75) is 33.6 Å². The van der Waals surface area contributed by atoms with Gasteiger partial charge in [0.1, 0.15) is 0 Å². The summed E-state index contributed by atoms with van der Waals surface area (Å²) in [6.07, 6.45) is 9.65. The van der Waals surface area contributed by atoms with Crippen molar-refractivity contribution in [1.82, 2.24) is 15.0 Å². The van der Waals surface area contributed by atoms with Crippen molar-refractivity contribution in [2.24, 2.45) is 5.41 Å². The molecule has 0 atom stereocenters. The third-order valence-electron chi connectivity index (χ3n) is 7.20. The van der Waals surface area contributed by atoms with E-state index in [0.717, 1.165) is 74.8 Å². The van der Waals surface area contributed by atoms with Gasteiger partial charge in [-0.15, -0.1) is 0 Å². The summed E-state index contributed by atoms with van der Waals surface area (Å²) in [6, 6.07) is 20.0. The van der Waals surface area contributed by atoms with Crippen LogP contribution in [0.1, 0.15) is 37.8 Å². The predicted molar refractivity (Wildman–Crippen MR) is 172 cm³/mol. The second-order valence-electron chi connectivity index (χ2n) is 11.1. The monoisotopic (exact) mass is 540 g/mol. The Kier molecular flexibility index (Phi) is 7.83. The van der Waals surface area contributed by atoms with Crippen molar-refractivity contribution in [2.75, 3.05) is 16.0 Å². The topological polar surface area (TPSA) is 74.8 Å². The van der Waals surface area contributed by atoms with E-state index in [1.54, 1.807) is 18.6 Å². The molecule has 206 valence electrons. The molecule has 6 nitrogen and oxygen atoms in total. The third-order valence-corrected chi connectivity index (χ3v) is 7.20. The van der Waals surface area contributed by atoms with Crippen LogP contribution in [0.5, 0.6) is 0 Å². The van der Waals surface area contributed by atoms with E-state index in [2.05, 4.69) is 82.7 Å². The molecule has 0 radical (unpaired) electrons. The Balaban J connectivity index is 1.25. The number of rotatable bonds is 9. The number of aryl methyl sites for hydroxylation is 1. The number of aromatic nitrogens is 3. The van der Waals surface area contributed by atoms with Gasteiger partial charge in [-0.1, -0.05) is 51.8 Å². The summed E-state index contributed by atoms with van der Waals surface area (Å²) in [5.41, 5.74) is 10.7. The van der Waals surface area contributed by atoms with Crippen molar-refractivity contribution >= 4 is 28.7 Å². The summed E-state index contributed by atoms with van der Waals surface area (Å²) < 4.78 is 0. The Labute approximate surface area is 242 Å². The lowest BCUT2D eigenvalue weighted by Crippen LogP contribution is -2.17. The standard InChI is InChI=1S/C35H36N6/c1-23-14-16-35(5,6)21-31(23)26(4)39-29-11-7-9-27(20-29)25(3)38-30-12-13-32(24(2)19-30)40-34-37-18-15-33(41-34)28-10-8-17-36-22-28/h7-13,15,17-22,38-39H,1,3-4,14,16H2,2,5-6H3,(H,37,40,41). The maximum atomic E-state index is 4.65. The highest BCUT2D eigenvalue weighted by Gasteiger charge is 2.24. The van der Waals surface area contributed by atoms with Gasteiger partial charge in [0.2, 0.25) is 5.95 Å². The molecule has 1 aliphatic carbocycles. The molecule has 0 fully saturated rings. The summed E-state index contributed by atoms with van der Waals surface area (Å²) in [4.78, 5) is 13.2. The predicted octanol–water partition coefficient (Wildman–Crippen LogP) is 8.90. The Morgan fingerprint density at radius 1 is 0.902 bits per heavy atom. The molecule has 0 saturated carbocycles. The van der Waals surface area contributed by atoms with Crippen LogP contribution in [-0.4, -0.2) is 15.0 Å². The van der Waals surface area contributed by atoms with E-state index in [1.165, 1.54) is 0 Å². The van der Waals surface area contributed by atoms with Crippen LogP contribution in [0.25, 0.3) is 17.0 Å². The molecule has 0 unspecified atom stereocenters. The maximum absolute atomic E-state index is 4.65. The van der Waals surface area contributed by atoms with E-state index in [4.69, 9.17) is 0 Å². The van der Waals surface area contributed by atoms with Crippen LogP contribution in [0.15, 0.2) is 122 Å². The van der Waals surface area contributed by atoms with E-state index >= 15 is 0 Å². The number of allylic oxidation sites excluding steroid dienone is 2. The van der Waals surface area contributed by atoms with Crippen LogP contribution >= 0.6 is 0 Å². The zero-order chi connectivity index (χ0) is 29.0. The van der Waals surface area contributed by atoms with E-state index in [9.17, 15) is 0 Å². The van der Waals surface area contributed by atoms with Crippen LogP contribution in [0.3, 0.4) is 0 Å². The van der Waals surface area contributed by atoms with E-state index < -0.39 is 0 Å². The zero-order valence-corrected chi connectivity index (χ0v) is 24.0. The molecular formula is C35H36N6.